The summed E-state index contributed by atoms with van der Waals surface area (Å²) in [6, 6.07) is 10.5. The molecule has 1 fully saturated rings. The van der Waals surface area contributed by atoms with Crippen molar-refractivity contribution in [2.45, 2.75) is 13.0 Å². The van der Waals surface area contributed by atoms with E-state index in [1.54, 1.807) is 12.0 Å². The van der Waals surface area contributed by atoms with Gasteiger partial charge in [-0.25, -0.2) is 0 Å². The predicted molar refractivity (Wildman–Crippen MR) is 115 cm³/mol. The maximum absolute atomic E-state index is 13.1. The molecule has 2 aliphatic heterocycles. The van der Waals surface area contributed by atoms with Crippen LogP contribution in [0.25, 0.3) is 0 Å². The number of nitro groups is 1. The standard InChI is InChI=1S/C22H22N4O6/c1-14(25-21(28)17-4-3-5-18(26(30)31)19(17)22(25)29)20(27)24-12-10-23(11-13-24)15-6-8-16(32-2)9-7-15/h3-9,14H,10-13H2,1-2H3/t14-/m0/s1. The van der Waals surface area contributed by atoms with E-state index in [2.05, 4.69) is 4.90 Å². The Labute approximate surface area is 184 Å². The summed E-state index contributed by atoms with van der Waals surface area (Å²) in [6.07, 6.45) is 0. The monoisotopic (exact) mass is 438 g/mol. The van der Waals surface area contributed by atoms with Gasteiger partial charge >= 0.3 is 0 Å². The van der Waals surface area contributed by atoms with Crippen molar-refractivity contribution in [3.05, 3.63) is 63.7 Å². The van der Waals surface area contributed by atoms with Gasteiger partial charge in [-0.3, -0.25) is 29.4 Å². The summed E-state index contributed by atoms with van der Waals surface area (Å²) in [5, 5.41) is 11.3. The third-order valence-corrected chi connectivity index (χ3v) is 5.89. The summed E-state index contributed by atoms with van der Waals surface area (Å²) in [7, 11) is 1.60. The van der Waals surface area contributed by atoms with Crippen LogP contribution in [-0.2, 0) is 4.79 Å². The quantitative estimate of drug-likeness (QED) is 0.398. The Morgan fingerprint density at radius 3 is 2.28 bits per heavy atom. The lowest BCUT2D eigenvalue weighted by Crippen LogP contribution is -2.55. The number of nitro benzene ring substituents is 1. The third-order valence-electron chi connectivity index (χ3n) is 5.89. The van der Waals surface area contributed by atoms with Crippen LogP contribution in [0.3, 0.4) is 0 Å². The van der Waals surface area contributed by atoms with E-state index in [0.29, 0.717) is 26.2 Å². The minimum atomic E-state index is -1.06. The Kier molecular flexibility index (Phi) is 5.52. The molecule has 0 aliphatic carbocycles. The van der Waals surface area contributed by atoms with Crippen LogP contribution >= 0.6 is 0 Å². The van der Waals surface area contributed by atoms with E-state index in [4.69, 9.17) is 4.74 Å². The largest absolute Gasteiger partial charge is 0.497 e. The van der Waals surface area contributed by atoms with Gasteiger partial charge in [0.25, 0.3) is 17.5 Å². The molecule has 1 atom stereocenters. The van der Waals surface area contributed by atoms with Gasteiger partial charge in [0.2, 0.25) is 5.91 Å². The molecular formula is C22H22N4O6. The molecule has 2 aromatic rings. The fourth-order valence-corrected chi connectivity index (χ4v) is 4.14. The number of ether oxygens (including phenoxy) is 1. The highest BCUT2D eigenvalue weighted by Gasteiger charge is 2.45. The number of hydrogen-bond donors (Lipinski definition) is 0. The molecule has 32 heavy (non-hydrogen) atoms. The first-order valence-electron chi connectivity index (χ1n) is 10.2. The first-order chi connectivity index (χ1) is 15.3. The predicted octanol–water partition coefficient (Wildman–Crippen LogP) is 1.94. The first kappa shape index (κ1) is 21.3. The number of hydrogen-bond acceptors (Lipinski definition) is 7. The second-order valence-corrected chi connectivity index (χ2v) is 7.62. The Bertz CT molecular complexity index is 1090. The molecule has 2 aliphatic rings. The van der Waals surface area contributed by atoms with Crippen molar-refractivity contribution < 1.29 is 24.0 Å². The van der Waals surface area contributed by atoms with Crippen molar-refractivity contribution in [2.75, 3.05) is 38.2 Å². The molecule has 10 nitrogen and oxygen atoms in total. The van der Waals surface area contributed by atoms with Crippen molar-refractivity contribution in [2.24, 2.45) is 0 Å². The molecule has 10 heteroatoms. The minimum absolute atomic E-state index is 0.0480. The van der Waals surface area contributed by atoms with Gasteiger partial charge < -0.3 is 14.5 Å². The van der Waals surface area contributed by atoms with E-state index in [1.807, 2.05) is 24.3 Å². The number of carbonyl (C=O) groups is 3. The molecule has 4 rings (SSSR count). The van der Waals surface area contributed by atoms with Crippen LogP contribution in [0.2, 0.25) is 0 Å². The van der Waals surface area contributed by atoms with E-state index in [1.165, 1.54) is 25.1 Å². The number of carbonyl (C=O) groups excluding carboxylic acids is 3. The van der Waals surface area contributed by atoms with Crippen molar-refractivity contribution in [1.82, 2.24) is 9.80 Å². The van der Waals surface area contributed by atoms with E-state index < -0.39 is 28.5 Å². The van der Waals surface area contributed by atoms with Crippen LogP contribution in [-0.4, -0.2) is 71.8 Å². The molecule has 1 saturated heterocycles. The van der Waals surface area contributed by atoms with Crippen molar-refractivity contribution in [3.8, 4) is 5.75 Å². The summed E-state index contributed by atoms with van der Waals surface area (Å²) < 4.78 is 5.17. The second kappa shape index (κ2) is 8.29. The Balaban J connectivity index is 1.45. The maximum Gasteiger partial charge on any atom is 0.282 e. The molecule has 0 N–H and O–H groups in total. The number of imide groups is 1. The molecule has 3 amide bonds. The number of anilines is 1. The van der Waals surface area contributed by atoms with Crippen LogP contribution in [0.15, 0.2) is 42.5 Å². The van der Waals surface area contributed by atoms with Crippen LogP contribution in [0.5, 0.6) is 5.75 Å². The van der Waals surface area contributed by atoms with Gasteiger partial charge in [-0.05, 0) is 37.3 Å². The Morgan fingerprint density at radius 2 is 1.69 bits per heavy atom. The van der Waals surface area contributed by atoms with Gasteiger partial charge in [0.15, 0.2) is 0 Å². The van der Waals surface area contributed by atoms with Gasteiger partial charge in [0.1, 0.15) is 17.4 Å². The van der Waals surface area contributed by atoms with Crippen molar-refractivity contribution in [3.63, 3.8) is 0 Å². The van der Waals surface area contributed by atoms with Gasteiger partial charge in [-0.15, -0.1) is 0 Å². The van der Waals surface area contributed by atoms with Crippen molar-refractivity contribution in [1.29, 1.82) is 0 Å². The van der Waals surface area contributed by atoms with Gasteiger partial charge in [-0.1, -0.05) is 6.07 Å². The molecule has 0 bridgehead atoms. The molecule has 0 spiro atoms. The smallest absolute Gasteiger partial charge is 0.282 e. The van der Waals surface area contributed by atoms with Crippen LogP contribution in [0.4, 0.5) is 11.4 Å². The molecule has 2 heterocycles. The number of piperazine rings is 1. The Hall–Kier alpha value is -3.95. The van der Waals surface area contributed by atoms with Crippen LogP contribution < -0.4 is 9.64 Å². The maximum atomic E-state index is 13.1. The first-order valence-corrected chi connectivity index (χ1v) is 10.2. The average Bonchev–Trinajstić information content (AvgIpc) is 3.08. The van der Waals surface area contributed by atoms with E-state index >= 15 is 0 Å². The summed E-state index contributed by atoms with van der Waals surface area (Å²) in [5.74, 6) is -1.10. The van der Waals surface area contributed by atoms with Gasteiger partial charge in [-0.2, -0.15) is 0 Å². The topological polar surface area (TPSA) is 113 Å². The van der Waals surface area contributed by atoms with E-state index in [9.17, 15) is 24.5 Å². The normalized spacial score (nSPS) is 16.8. The highest BCUT2D eigenvalue weighted by molar-refractivity contribution is 6.24. The fraction of sp³-hybridized carbons (Fsp3) is 0.318. The minimum Gasteiger partial charge on any atom is -0.497 e. The lowest BCUT2D eigenvalue weighted by molar-refractivity contribution is -0.385. The molecule has 166 valence electrons. The molecule has 0 aromatic heterocycles. The van der Waals surface area contributed by atoms with Gasteiger partial charge in [0.05, 0.1) is 17.6 Å². The number of fused-ring (bicyclic) bond motifs is 1. The summed E-state index contributed by atoms with van der Waals surface area (Å²) >= 11 is 0. The number of methoxy groups -OCH3 is 1. The number of benzene rings is 2. The molecule has 2 aromatic carbocycles. The average molecular weight is 438 g/mol. The van der Waals surface area contributed by atoms with Crippen LogP contribution in [0, 0.1) is 10.1 Å². The highest BCUT2D eigenvalue weighted by atomic mass is 16.6. The summed E-state index contributed by atoms with van der Waals surface area (Å²) in [6.45, 7) is 3.53. The zero-order chi connectivity index (χ0) is 23.0. The molecular weight excluding hydrogens is 416 g/mol. The van der Waals surface area contributed by atoms with E-state index in [0.717, 1.165) is 16.3 Å². The van der Waals surface area contributed by atoms with Crippen LogP contribution in [0.1, 0.15) is 27.6 Å². The zero-order valence-electron chi connectivity index (χ0n) is 17.7. The summed E-state index contributed by atoms with van der Waals surface area (Å²) in [5.41, 5.74) is 0.273. The Morgan fingerprint density at radius 1 is 1.03 bits per heavy atom. The van der Waals surface area contributed by atoms with E-state index in [-0.39, 0.29) is 17.0 Å². The number of amides is 3. The molecule has 0 radical (unpaired) electrons. The summed E-state index contributed by atoms with van der Waals surface area (Å²) in [4.78, 5) is 53.9. The number of nitrogens with zero attached hydrogens (tertiary/aromatic N) is 4. The lowest BCUT2D eigenvalue weighted by atomic mass is 10.1. The zero-order valence-corrected chi connectivity index (χ0v) is 17.7. The van der Waals surface area contributed by atoms with Crippen molar-refractivity contribution >= 4 is 29.1 Å². The third kappa shape index (κ3) is 3.53. The lowest BCUT2D eigenvalue weighted by Gasteiger charge is -2.38. The second-order valence-electron chi connectivity index (χ2n) is 7.62. The van der Waals surface area contributed by atoms with Gasteiger partial charge in [0, 0.05) is 37.9 Å². The molecule has 0 saturated carbocycles. The SMILES string of the molecule is COc1ccc(N2CCN(C(=O)[C@H](C)N3C(=O)c4cccc([N+](=O)[O-])c4C3=O)CC2)cc1. The molecule has 0 unspecified atom stereocenters. The fourth-order valence-electron chi connectivity index (χ4n) is 4.14. The number of rotatable bonds is 5. The highest BCUT2D eigenvalue weighted by Crippen LogP contribution is 2.32.